The van der Waals surface area contributed by atoms with E-state index < -0.39 is 6.09 Å². The van der Waals surface area contributed by atoms with Crippen LogP contribution in [0.4, 0.5) is 4.79 Å². The molecule has 4 heteroatoms. The van der Waals surface area contributed by atoms with Crippen LogP contribution in [-0.4, -0.2) is 23.0 Å². The van der Waals surface area contributed by atoms with E-state index in [0.29, 0.717) is 12.8 Å². The Morgan fingerprint density at radius 1 is 1.08 bits per heavy atom. The van der Waals surface area contributed by atoms with Crippen LogP contribution in [0.1, 0.15) is 35.6 Å². The molecule has 2 aromatic rings. The van der Waals surface area contributed by atoms with Gasteiger partial charge in [-0.2, -0.15) is 0 Å². The first kappa shape index (κ1) is 14.9. The van der Waals surface area contributed by atoms with Crippen LogP contribution >= 0.6 is 0 Å². The molecule has 0 N–H and O–H groups in total. The van der Waals surface area contributed by atoms with Gasteiger partial charge in [-0.25, -0.2) is 9.69 Å². The summed E-state index contributed by atoms with van der Waals surface area (Å²) in [5, 5.41) is 0. The first-order valence-corrected chi connectivity index (χ1v) is 8.38. The highest BCUT2D eigenvalue weighted by Crippen LogP contribution is 2.42. The fourth-order valence-corrected chi connectivity index (χ4v) is 3.71. The third-order valence-electron chi connectivity index (χ3n) is 4.84. The van der Waals surface area contributed by atoms with Gasteiger partial charge in [0.2, 0.25) is 5.91 Å². The summed E-state index contributed by atoms with van der Waals surface area (Å²) in [7, 11) is 0. The molecule has 0 spiro atoms. The van der Waals surface area contributed by atoms with E-state index in [1.54, 1.807) is 0 Å². The van der Waals surface area contributed by atoms with Crippen LogP contribution in [-0.2, 0) is 22.4 Å². The SMILES string of the molecule is O=C(CCCc1ccccc1)N1C(=O)O[C@H]2Cc3ccccc3[C@H]21. The molecule has 1 aliphatic heterocycles. The Morgan fingerprint density at radius 2 is 1.83 bits per heavy atom. The van der Waals surface area contributed by atoms with E-state index in [4.69, 9.17) is 4.74 Å². The first-order valence-electron chi connectivity index (χ1n) is 8.38. The van der Waals surface area contributed by atoms with Gasteiger partial charge in [0.25, 0.3) is 0 Å². The molecule has 1 heterocycles. The molecular weight excluding hydrogens is 302 g/mol. The Morgan fingerprint density at radius 3 is 2.67 bits per heavy atom. The fraction of sp³-hybridized carbons (Fsp3) is 0.300. The van der Waals surface area contributed by atoms with Crippen molar-refractivity contribution in [2.45, 2.75) is 37.8 Å². The number of aryl methyl sites for hydroxylation is 1. The largest absolute Gasteiger partial charge is 0.443 e. The lowest BCUT2D eigenvalue weighted by Crippen LogP contribution is -2.34. The first-order chi connectivity index (χ1) is 11.7. The second kappa shape index (κ2) is 6.11. The zero-order valence-corrected chi connectivity index (χ0v) is 13.4. The summed E-state index contributed by atoms with van der Waals surface area (Å²) < 4.78 is 5.43. The Balaban J connectivity index is 1.45. The molecule has 4 rings (SSSR count). The van der Waals surface area contributed by atoms with Gasteiger partial charge in [-0.3, -0.25) is 4.79 Å². The van der Waals surface area contributed by atoms with Crippen LogP contribution in [0.25, 0.3) is 0 Å². The molecule has 122 valence electrons. The Labute approximate surface area is 141 Å². The highest BCUT2D eigenvalue weighted by molar-refractivity contribution is 5.94. The second-order valence-electron chi connectivity index (χ2n) is 6.37. The summed E-state index contributed by atoms with van der Waals surface area (Å²) in [5.74, 6) is -0.139. The number of ether oxygens (including phenoxy) is 1. The van der Waals surface area contributed by atoms with E-state index in [0.717, 1.165) is 18.4 Å². The van der Waals surface area contributed by atoms with E-state index in [-0.39, 0.29) is 18.1 Å². The minimum absolute atomic E-state index is 0.139. The molecule has 0 bridgehead atoms. The molecule has 1 fully saturated rings. The highest BCUT2D eigenvalue weighted by atomic mass is 16.6. The second-order valence-corrected chi connectivity index (χ2v) is 6.37. The van der Waals surface area contributed by atoms with Gasteiger partial charge in [-0.1, -0.05) is 54.6 Å². The van der Waals surface area contributed by atoms with Crippen molar-refractivity contribution >= 4 is 12.0 Å². The Bertz CT molecular complexity index is 771. The zero-order valence-electron chi connectivity index (χ0n) is 13.4. The maximum absolute atomic E-state index is 12.6. The van der Waals surface area contributed by atoms with Gasteiger partial charge in [-0.15, -0.1) is 0 Å². The van der Waals surface area contributed by atoms with Gasteiger partial charge in [0.05, 0.1) is 0 Å². The van der Waals surface area contributed by atoms with E-state index >= 15 is 0 Å². The van der Waals surface area contributed by atoms with E-state index in [9.17, 15) is 9.59 Å². The Hall–Kier alpha value is -2.62. The molecule has 0 saturated carbocycles. The molecule has 0 aromatic heterocycles. The molecule has 4 nitrogen and oxygen atoms in total. The lowest BCUT2D eigenvalue weighted by Gasteiger charge is -2.19. The number of nitrogens with zero attached hydrogens (tertiary/aromatic N) is 1. The van der Waals surface area contributed by atoms with Crippen molar-refractivity contribution in [2.24, 2.45) is 0 Å². The van der Waals surface area contributed by atoms with E-state index in [1.165, 1.54) is 16.0 Å². The Kier molecular flexibility index (Phi) is 3.81. The number of hydrogen-bond donors (Lipinski definition) is 0. The molecule has 2 aliphatic rings. The minimum Gasteiger partial charge on any atom is -0.443 e. The van der Waals surface area contributed by atoms with E-state index in [1.807, 2.05) is 42.5 Å². The normalized spacial score (nSPS) is 21.3. The molecule has 2 atom stereocenters. The summed E-state index contributed by atoms with van der Waals surface area (Å²) in [4.78, 5) is 26.1. The molecule has 2 aromatic carbocycles. The molecule has 2 amide bonds. The van der Waals surface area contributed by atoms with Gasteiger partial charge in [-0.05, 0) is 29.5 Å². The van der Waals surface area contributed by atoms with Gasteiger partial charge >= 0.3 is 6.09 Å². The predicted octanol–water partition coefficient (Wildman–Crippen LogP) is 3.65. The van der Waals surface area contributed by atoms with Crippen molar-refractivity contribution in [1.82, 2.24) is 4.90 Å². The summed E-state index contributed by atoms with van der Waals surface area (Å²) in [6, 6.07) is 17.8. The lowest BCUT2D eigenvalue weighted by molar-refractivity contribution is -0.129. The lowest BCUT2D eigenvalue weighted by atomic mass is 10.1. The van der Waals surface area contributed by atoms with Crippen molar-refractivity contribution in [3.8, 4) is 0 Å². The number of carbonyl (C=O) groups excluding carboxylic acids is 2. The molecule has 24 heavy (non-hydrogen) atoms. The fourth-order valence-electron chi connectivity index (χ4n) is 3.71. The molecule has 1 aliphatic carbocycles. The van der Waals surface area contributed by atoms with Gasteiger partial charge in [0.1, 0.15) is 12.1 Å². The molecule has 0 radical (unpaired) electrons. The standard InChI is InChI=1S/C20H19NO3/c22-18(12-6-9-14-7-2-1-3-8-14)21-19-16-11-5-4-10-15(16)13-17(19)24-20(21)23/h1-5,7-8,10-11,17,19H,6,9,12-13H2/t17-,19+/m0/s1. The number of imide groups is 1. The smallest absolute Gasteiger partial charge is 0.417 e. The molecule has 1 saturated heterocycles. The van der Waals surface area contributed by atoms with Crippen molar-refractivity contribution < 1.29 is 14.3 Å². The third kappa shape index (κ3) is 2.58. The van der Waals surface area contributed by atoms with Crippen LogP contribution in [0, 0.1) is 0 Å². The summed E-state index contributed by atoms with van der Waals surface area (Å²) in [5.41, 5.74) is 3.42. The monoisotopic (exact) mass is 321 g/mol. The predicted molar refractivity (Wildman–Crippen MR) is 89.4 cm³/mol. The number of amides is 2. The van der Waals surface area contributed by atoms with Crippen LogP contribution in [0.15, 0.2) is 54.6 Å². The van der Waals surface area contributed by atoms with Crippen molar-refractivity contribution in [2.75, 3.05) is 0 Å². The van der Waals surface area contributed by atoms with Crippen molar-refractivity contribution in [3.63, 3.8) is 0 Å². The topological polar surface area (TPSA) is 46.6 Å². The average Bonchev–Trinajstić information content (AvgIpc) is 3.10. The number of benzene rings is 2. The van der Waals surface area contributed by atoms with Crippen LogP contribution in [0.2, 0.25) is 0 Å². The van der Waals surface area contributed by atoms with Crippen LogP contribution < -0.4 is 0 Å². The average molecular weight is 321 g/mol. The van der Waals surface area contributed by atoms with Crippen molar-refractivity contribution in [3.05, 3.63) is 71.3 Å². The third-order valence-corrected chi connectivity index (χ3v) is 4.84. The number of fused-ring (bicyclic) bond motifs is 3. The minimum atomic E-state index is -0.496. The maximum atomic E-state index is 12.6. The quantitative estimate of drug-likeness (QED) is 0.863. The molecule has 0 unspecified atom stereocenters. The van der Waals surface area contributed by atoms with Crippen molar-refractivity contribution in [1.29, 1.82) is 0 Å². The number of hydrogen-bond acceptors (Lipinski definition) is 3. The summed E-state index contributed by atoms with van der Waals surface area (Å²) in [6.45, 7) is 0. The summed E-state index contributed by atoms with van der Waals surface area (Å²) in [6.07, 6.45) is 1.89. The van der Waals surface area contributed by atoms with E-state index in [2.05, 4.69) is 12.1 Å². The van der Waals surface area contributed by atoms with Crippen LogP contribution in [0.3, 0.4) is 0 Å². The molecular formula is C20H19NO3. The zero-order chi connectivity index (χ0) is 16.5. The van der Waals surface area contributed by atoms with Crippen LogP contribution in [0.5, 0.6) is 0 Å². The number of carbonyl (C=O) groups is 2. The maximum Gasteiger partial charge on any atom is 0.417 e. The van der Waals surface area contributed by atoms with Gasteiger partial charge in [0.15, 0.2) is 0 Å². The van der Waals surface area contributed by atoms with Gasteiger partial charge < -0.3 is 4.74 Å². The van der Waals surface area contributed by atoms with Gasteiger partial charge in [0, 0.05) is 12.8 Å². The highest BCUT2D eigenvalue weighted by Gasteiger charge is 2.49. The number of rotatable bonds is 4. The summed E-state index contributed by atoms with van der Waals surface area (Å²) >= 11 is 0.